The van der Waals surface area contributed by atoms with E-state index < -0.39 is 0 Å². The summed E-state index contributed by atoms with van der Waals surface area (Å²) in [5, 5.41) is 3.34. The van der Waals surface area contributed by atoms with E-state index in [1.54, 1.807) is 0 Å². The van der Waals surface area contributed by atoms with Crippen LogP contribution in [0, 0.1) is 0 Å². The van der Waals surface area contributed by atoms with E-state index in [1.807, 2.05) is 25.1 Å². The predicted molar refractivity (Wildman–Crippen MR) is 63.1 cm³/mol. The molecule has 1 unspecified atom stereocenters. The zero-order chi connectivity index (χ0) is 11.1. The van der Waals surface area contributed by atoms with Crippen LogP contribution in [0.5, 0.6) is 5.75 Å². The third-order valence-electron chi connectivity index (χ3n) is 2.28. The third kappa shape index (κ3) is 3.22. The summed E-state index contributed by atoms with van der Waals surface area (Å²) in [6, 6.07) is 8.22. The van der Waals surface area contributed by atoms with E-state index in [1.165, 1.54) is 0 Å². The quantitative estimate of drug-likeness (QED) is 0.748. The first-order valence-electron chi connectivity index (χ1n) is 5.48. The fourth-order valence-electron chi connectivity index (χ4n) is 1.62. The summed E-state index contributed by atoms with van der Waals surface area (Å²) < 4.78 is 5.57. The smallest absolute Gasteiger partial charge is 0.124 e. The SMILES string of the molecule is CCNC(CN)c1ccccc1OCC. The number of nitrogens with two attached hydrogens (primary N) is 1. The lowest BCUT2D eigenvalue weighted by atomic mass is 10.1. The molecular formula is C12H20N2O. The molecule has 1 rings (SSSR count). The maximum atomic E-state index is 5.74. The number of ether oxygens (including phenoxy) is 1. The van der Waals surface area contributed by atoms with E-state index in [4.69, 9.17) is 10.5 Å². The molecule has 0 bridgehead atoms. The van der Waals surface area contributed by atoms with E-state index in [0.717, 1.165) is 17.9 Å². The molecule has 0 fully saturated rings. The summed E-state index contributed by atoms with van der Waals surface area (Å²) in [5.74, 6) is 0.927. The van der Waals surface area contributed by atoms with Crippen LogP contribution in [0.3, 0.4) is 0 Å². The van der Waals surface area contributed by atoms with Gasteiger partial charge in [-0.15, -0.1) is 0 Å². The highest BCUT2D eigenvalue weighted by Gasteiger charge is 2.12. The first-order valence-corrected chi connectivity index (χ1v) is 5.48. The second-order valence-electron chi connectivity index (χ2n) is 3.32. The molecule has 0 amide bonds. The first-order chi connectivity index (χ1) is 7.33. The highest BCUT2D eigenvalue weighted by atomic mass is 16.5. The van der Waals surface area contributed by atoms with Crippen LogP contribution in [0.4, 0.5) is 0 Å². The molecule has 0 heterocycles. The molecule has 0 aliphatic heterocycles. The van der Waals surface area contributed by atoms with E-state index in [9.17, 15) is 0 Å². The Kier molecular flexibility index (Phi) is 5.15. The van der Waals surface area contributed by atoms with E-state index in [0.29, 0.717) is 13.2 Å². The minimum Gasteiger partial charge on any atom is -0.494 e. The van der Waals surface area contributed by atoms with Crippen LogP contribution >= 0.6 is 0 Å². The van der Waals surface area contributed by atoms with Crippen LogP contribution in [0.15, 0.2) is 24.3 Å². The van der Waals surface area contributed by atoms with Crippen molar-refractivity contribution in [3.05, 3.63) is 29.8 Å². The number of hydrogen-bond acceptors (Lipinski definition) is 3. The lowest BCUT2D eigenvalue weighted by Gasteiger charge is -2.19. The lowest BCUT2D eigenvalue weighted by Crippen LogP contribution is -2.28. The Balaban J connectivity index is 2.88. The van der Waals surface area contributed by atoms with Gasteiger partial charge in [-0.25, -0.2) is 0 Å². The van der Waals surface area contributed by atoms with Gasteiger partial charge in [-0.1, -0.05) is 25.1 Å². The summed E-state index contributed by atoms with van der Waals surface area (Å²) >= 11 is 0. The van der Waals surface area contributed by atoms with Crippen molar-refractivity contribution < 1.29 is 4.74 Å². The van der Waals surface area contributed by atoms with Gasteiger partial charge < -0.3 is 15.8 Å². The fourth-order valence-corrected chi connectivity index (χ4v) is 1.62. The van der Waals surface area contributed by atoms with Gasteiger partial charge in [0, 0.05) is 18.2 Å². The van der Waals surface area contributed by atoms with Crippen molar-refractivity contribution in [1.82, 2.24) is 5.32 Å². The lowest BCUT2D eigenvalue weighted by molar-refractivity contribution is 0.332. The number of likely N-dealkylation sites (N-methyl/N-ethyl adjacent to an activating group) is 1. The monoisotopic (exact) mass is 208 g/mol. The Morgan fingerprint density at radius 2 is 2.07 bits per heavy atom. The minimum absolute atomic E-state index is 0.178. The maximum absolute atomic E-state index is 5.74. The van der Waals surface area contributed by atoms with Crippen molar-refractivity contribution in [3.8, 4) is 5.75 Å². The van der Waals surface area contributed by atoms with Crippen molar-refractivity contribution in [2.75, 3.05) is 19.7 Å². The second kappa shape index (κ2) is 6.43. The largest absolute Gasteiger partial charge is 0.494 e. The van der Waals surface area contributed by atoms with Crippen LogP contribution in [0.1, 0.15) is 25.5 Å². The summed E-state index contributed by atoms with van der Waals surface area (Å²) in [4.78, 5) is 0. The Labute approximate surface area is 91.6 Å². The average molecular weight is 208 g/mol. The minimum atomic E-state index is 0.178. The number of hydrogen-bond donors (Lipinski definition) is 2. The Morgan fingerprint density at radius 3 is 2.67 bits per heavy atom. The zero-order valence-corrected chi connectivity index (χ0v) is 9.49. The molecule has 84 valence electrons. The van der Waals surface area contributed by atoms with Crippen molar-refractivity contribution in [2.24, 2.45) is 5.73 Å². The summed E-state index contributed by atoms with van der Waals surface area (Å²) in [7, 11) is 0. The number of rotatable bonds is 6. The molecule has 3 nitrogen and oxygen atoms in total. The van der Waals surface area contributed by atoms with E-state index in [-0.39, 0.29) is 6.04 Å². The van der Waals surface area contributed by atoms with Crippen molar-refractivity contribution in [1.29, 1.82) is 0 Å². The molecule has 0 aliphatic carbocycles. The maximum Gasteiger partial charge on any atom is 0.124 e. The Morgan fingerprint density at radius 1 is 1.33 bits per heavy atom. The highest BCUT2D eigenvalue weighted by Crippen LogP contribution is 2.24. The van der Waals surface area contributed by atoms with Gasteiger partial charge in [0.1, 0.15) is 5.75 Å². The average Bonchev–Trinajstić information content (AvgIpc) is 2.27. The molecule has 3 heteroatoms. The molecule has 1 atom stereocenters. The molecule has 0 aromatic heterocycles. The fraction of sp³-hybridized carbons (Fsp3) is 0.500. The topological polar surface area (TPSA) is 47.3 Å². The van der Waals surface area contributed by atoms with Crippen molar-refractivity contribution in [3.63, 3.8) is 0 Å². The molecule has 0 spiro atoms. The third-order valence-corrected chi connectivity index (χ3v) is 2.28. The van der Waals surface area contributed by atoms with E-state index >= 15 is 0 Å². The van der Waals surface area contributed by atoms with Crippen LogP contribution in [-0.2, 0) is 0 Å². The zero-order valence-electron chi connectivity index (χ0n) is 9.49. The molecule has 15 heavy (non-hydrogen) atoms. The van der Waals surface area contributed by atoms with Gasteiger partial charge in [-0.05, 0) is 19.5 Å². The van der Waals surface area contributed by atoms with Gasteiger partial charge in [-0.2, -0.15) is 0 Å². The van der Waals surface area contributed by atoms with Crippen LogP contribution in [0.2, 0.25) is 0 Å². The van der Waals surface area contributed by atoms with Crippen molar-refractivity contribution in [2.45, 2.75) is 19.9 Å². The normalized spacial score (nSPS) is 12.5. The van der Waals surface area contributed by atoms with Gasteiger partial charge >= 0.3 is 0 Å². The molecule has 0 aliphatic rings. The molecule has 0 saturated heterocycles. The molecule has 1 aromatic rings. The van der Waals surface area contributed by atoms with Gasteiger partial charge in [0.25, 0.3) is 0 Å². The standard InChI is InChI=1S/C12H20N2O/c1-3-14-11(9-13)10-7-5-6-8-12(10)15-4-2/h5-8,11,14H,3-4,9,13H2,1-2H3. The van der Waals surface area contributed by atoms with Crippen molar-refractivity contribution >= 4 is 0 Å². The van der Waals surface area contributed by atoms with Crippen LogP contribution in [0.25, 0.3) is 0 Å². The second-order valence-corrected chi connectivity index (χ2v) is 3.32. The number of nitrogens with one attached hydrogen (secondary N) is 1. The van der Waals surface area contributed by atoms with Gasteiger partial charge in [0.05, 0.1) is 6.61 Å². The molecule has 0 saturated carbocycles. The van der Waals surface area contributed by atoms with Gasteiger partial charge in [-0.3, -0.25) is 0 Å². The number of benzene rings is 1. The number of para-hydroxylation sites is 1. The summed E-state index contributed by atoms with van der Waals surface area (Å²) in [6.45, 7) is 6.23. The molecule has 1 aromatic carbocycles. The molecular weight excluding hydrogens is 188 g/mol. The highest BCUT2D eigenvalue weighted by molar-refractivity contribution is 5.36. The predicted octanol–water partition coefficient (Wildman–Crippen LogP) is 1.69. The first kappa shape index (κ1) is 12.0. The van der Waals surface area contributed by atoms with Gasteiger partial charge in [0.15, 0.2) is 0 Å². The Hall–Kier alpha value is -1.06. The van der Waals surface area contributed by atoms with Crippen LogP contribution < -0.4 is 15.8 Å². The van der Waals surface area contributed by atoms with E-state index in [2.05, 4.69) is 18.3 Å². The molecule has 3 N–H and O–H groups in total. The summed E-state index contributed by atoms with van der Waals surface area (Å²) in [6.07, 6.45) is 0. The summed E-state index contributed by atoms with van der Waals surface area (Å²) in [5.41, 5.74) is 6.88. The molecule has 0 radical (unpaired) electrons. The van der Waals surface area contributed by atoms with Gasteiger partial charge in [0.2, 0.25) is 0 Å². The Bertz CT molecular complexity index is 289. The van der Waals surface area contributed by atoms with Crippen LogP contribution in [-0.4, -0.2) is 19.7 Å².